The SMILES string of the molecule is COc1ccc(C(=O)N2CCN(C)CC2)cc1NC(=O)C1CCCN(C(=O)c2ccc(F)cc2)C1. The van der Waals surface area contributed by atoms with Crippen LogP contribution in [0.3, 0.4) is 0 Å². The Morgan fingerprint density at radius 1 is 0.914 bits per heavy atom. The number of methoxy groups -OCH3 is 1. The zero-order chi connectivity index (χ0) is 24.9. The van der Waals surface area contributed by atoms with Gasteiger partial charge in [0.2, 0.25) is 5.91 Å². The first-order valence-corrected chi connectivity index (χ1v) is 11.9. The fraction of sp³-hybridized carbons (Fsp3) is 0.423. The van der Waals surface area contributed by atoms with E-state index < -0.39 is 11.7 Å². The van der Waals surface area contributed by atoms with Gasteiger partial charge in [-0.05, 0) is 62.4 Å². The molecule has 0 saturated carbocycles. The van der Waals surface area contributed by atoms with Crippen molar-refractivity contribution in [1.29, 1.82) is 0 Å². The minimum Gasteiger partial charge on any atom is -0.495 e. The summed E-state index contributed by atoms with van der Waals surface area (Å²) in [7, 11) is 3.54. The third-order valence-electron chi connectivity index (χ3n) is 6.67. The molecule has 2 aromatic rings. The van der Waals surface area contributed by atoms with Crippen molar-refractivity contribution in [1.82, 2.24) is 14.7 Å². The van der Waals surface area contributed by atoms with Crippen LogP contribution in [0.15, 0.2) is 42.5 Å². The van der Waals surface area contributed by atoms with E-state index in [-0.39, 0.29) is 24.3 Å². The number of ether oxygens (including phenoxy) is 1. The molecule has 8 nitrogen and oxygen atoms in total. The van der Waals surface area contributed by atoms with Crippen molar-refractivity contribution in [2.75, 3.05) is 58.7 Å². The van der Waals surface area contributed by atoms with Crippen molar-refractivity contribution in [3.05, 3.63) is 59.4 Å². The molecule has 186 valence electrons. The number of piperazine rings is 1. The molecule has 0 radical (unpaired) electrons. The Morgan fingerprint density at radius 3 is 2.26 bits per heavy atom. The lowest BCUT2D eigenvalue weighted by atomic mass is 9.96. The van der Waals surface area contributed by atoms with E-state index in [4.69, 9.17) is 4.74 Å². The van der Waals surface area contributed by atoms with Gasteiger partial charge in [-0.15, -0.1) is 0 Å². The highest BCUT2D eigenvalue weighted by Crippen LogP contribution is 2.28. The second-order valence-corrected chi connectivity index (χ2v) is 9.10. The summed E-state index contributed by atoms with van der Waals surface area (Å²) in [5.41, 5.74) is 1.31. The topological polar surface area (TPSA) is 82.2 Å². The van der Waals surface area contributed by atoms with Crippen molar-refractivity contribution < 1.29 is 23.5 Å². The molecule has 2 aliphatic rings. The average Bonchev–Trinajstić information content (AvgIpc) is 2.88. The summed E-state index contributed by atoms with van der Waals surface area (Å²) >= 11 is 0. The second kappa shape index (κ2) is 10.9. The molecule has 4 rings (SSSR count). The van der Waals surface area contributed by atoms with Gasteiger partial charge in [0.25, 0.3) is 11.8 Å². The van der Waals surface area contributed by atoms with Gasteiger partial charge in [0.1, 0.15) is 11.6 Å². The van der Waals surface area contributed by atoms with Crippen molar-refractivity contribution in [3.63, 3.8) is 0 Å². The normalized spacial score (nSPS) is 18.8. The number of carbonyl (C=O) groups excluding carboxylic acids is 3. The molecular formula is C26H31FN4O4. The highest BCUT2D eigenvalue weighted by atomic mass is 19.1. The van der Waals surface area contributed by atoms with Crippen molar-refractivity contribution in [2.24, 2.45) is 5.92 Å². The first kappa shape index (κ1) is 24.7. The number of nitrogens with zero attached hydrogens (tertiary/aromatic N) is 3. The molecule has 2 heterocycles. The molecule has 9 heteroatoms. The summed E-state index contributed by atoms with van der Waals surface area (Å²) in [5.74, 6) is -0.883. The van der Waals surface area contributed by atoms with Gasteiger partial charge < -0.3 is 24.8 Å². The fourth-order valence-corrected chi connectivity index (χ4v) is 4.52. The first-order chi connectivity index (χ1) is 16.9. The van der Waals surface area contributed by atoms with Crippen LogP contribution in [0.4, 0.5) is 10.1 Å². The quantitative estimate of drug-likeness (QED) is 0.709. The van der Waals surface area contributed by atoms with Gasteiger partial charge in [-0.25, -0.2) is 4.39 Å². The van der Waals surface area contributed by atoms with Crippen LogP contribution in [0.2, 0.25) is 0 Å². The van der Waals surface area contributed by atoms with Crippen LogP contribution in [0, 0.1) is 11.7 Å². The van der Waals surface area contributed by atoms with Crippen molar-refractivity contribution in [2.45, 2.75) is 12.8 Å². The smallest absolute Gasteiger partial charge is 0.254 e. The third-order valence-corrected chi connectivity index (χ3v) is 6.67. The van der Waals surface area contributed by atoms with Gasteiger partial charge in [0, 0.05) is 50.4 Å². The number of rotatable bonds is 5. The summed E-state index contributed by atoms with van der Waals surface area (Å²) in [6.07, 6.45) is 1.32. The minimum absolute atomic E-state index is 0.0787. The number of hydrogen-bond acceptors (Lipinski definition) is 5. The molecule has 2 saturated heterocycles. The lowest BCUT2D eigenvalue weighted by molar-refractivity contribution is -0.121. The molecule has 1 N–H and O–H groups in total. The predicted octanol–water partition coefficient (Wildman–Crippen LogP) is 2.71. The van der Waals surface area contributed by atoms with Gasteiger partial charge in [-0.1, -0.05) is 0 Å². The average molecular weight is 483 g/mol. The fourth-order valence-electron chi connectivity index (χ4n) is 4.52. The molecule has 1 atom stereocenters. The van der Waals surface area contributed by atoms with Crippen LogP contribution >= 0.6 is 0 Å². The maximum atomic E-state index is 13.2. The number of halogens is 1. The van der Waals surface area contributed by atoms with Crippen LogP contribution in [-0.2, 0) is 4.79 Å². The molecule has 2 aromatic carbocycles. The molecule has 0 bridgehead atoms. The number of carbonyl (C=O) groups is 3. The Labute approximate surface area is 204 Å². The van der Waals surface area contributed by atoms with E-state index in [1.807, 2.05) is 11.9 Å². The molecular weight excluding hydrogens is 451 g/mol. The molecule has 2 fully saturated rings. The van der Waals surface area contributed by atoms with E-state index in [0.29, 0.717) is 55.0 Å². The van der Waals surface area contributed by atoms with Crippen LogP contribution in [-0.4, -0.2) is 85.8 Å². The summed E-state index contributed by atoms with van der Waals surface area (Å²) in [5, 5.41) is 2.91. The molecule has 2 aliphatic heterocycles. The number of nitrogens with one attached hydrogen (secondary N) is 1. The lowest BCUT2D eigenvalue weighted by Crippen LogP contribution is -2.47. The lowest BCUT2D eigenvalue weighted by Gasteiger charge is -2.33. The number of piperidine rings is 1. The highest BCUT2D eigenvalue weighted by molar-refractivity contribution is 5.99. The number of hydrogen-bond donors (Lipinski definition) is 1. The third kappa shape index (κ3) is 5.79. The maximum Gasteiger partial charge on any atom is 0.254 e. The van der Waals surface area contributed by atoms with E-state index in [2.05, 4.69) is 10.2 Å². The molecule has 0 aliphatic carbocycles. The van der Waals surface area contributed by atoms with Gasteiger partial charge in [0.15, 0.2) is 0 Å². The number of anilines is 1. The Bertz CT molecular complexity index is 1080. The van der Waals surface area contributed by atoms with Crippen molar-refractivity contribution >= 4 is 23.4 Å². The van der Waals surface area contributed by atoms with Gasteiger partial charge >= 0.3 is 0 Å². The zero-order valence-electron chi connectivity index (χ0n) is 20.1. The number of likely N-dealkylation sites (tertiary alicyclic amines) is 1. The van der Waals surface area contributed by atoms with Crippen LogP contribution in [0.5, 0.6) is 5.75 Å². The van der Waals surface area contributed by atoms with Gasteiger partial charge in [0.05, 0.1) is 18.7 Å². The molecule has 1 unspecified atom stereocenters. The number of likely N-dealkylation sites (N-methyl/N-ethyl adjacent to an activating group) is 1. The van der Waals surface area contributed by atoms with E-state index >= 15 is 0 Å². The van der Waals surface area contributed by atoms with Gasteiger partial charge in [-0.3, -0.25) is 14.4 Å². The summed E-state index contributed by atoms with van der Waals surface area (Å²) < 4.78 is 18.6. The Morgan fingerprint density at radius 2 is 1.57 bits per heavy atom. The summed E-state index contributed by atoms with van der Waals surface area (Å²) in [4.78, 5) is 44.6. The first-order valence-electron chi connectivity index (χ1n) is 11.9. The summed E-state index contributed by atoms with van der Waals surface area (Å²) in [6, 6.07) is 10.5. The van der Waals surface area contributed by atoms with E-state index in [1.165, 1.54) is 31.4 Å². The highest BCUT2D eigenvalue weighted by Gasteiger charge is 2.30. The Hall–Kier alpha value is -3.46. The molecule has 0 aromatic heterocycles. The monoisotopic (exact) mass is 482 g/mol. The van der Waals surface area contributed by atoms with E-state index in [9.17, 15) is 18.8 Å². The Balaban J connectivity index is 1.44. The maximum absolute atomic E-state index is 13.2. The standard InChI is InChI=1S/C26H31FN4O4/c1-29-12-14-30(15-13-29)26(34)19-7-10-23(35-2)22(16-19)28-24(32)20-4-3-11-31(17-20)25(33)18-5-8-21(27)9-6-18/h5-10,16,20H,3-4,11-15,17H2,1-2H3,(H,28,32). The summed E-state index contributed by atoms with van der Waals surface area (Å²) in [6.45, 7) is 3.76. The molecule has 35 heavy (non-hydrogen) atoms. The minimum atomic E-state index is -0.408. The second-order valence-electron chi connectivity index (χ2n) is 9.10. The van der Waals surface area contributed by atoms with Crippen molar-refractivity contribution in [3.8, 4) is 5.75 Å². The largest absolute Gasteiger partial charge is 0.495 e. The molecule has 0 spiro atoms. The number of amides is 3. The van der Waals surface area contributed by atoms with Gasteiger partial charge in [-0.2, -0.15) is 0 Å². The van der Waals surface area contributed by atoms with Crippen LogP contribution < -0.4 is 10.1 Å². The number of benzene rings is 2. The van der Waals surface area contributed by atoms with E-state index in [1.54, 1.807) is 23.1 Å². The molecule has 3 amide bonds. The van der Waals surface area contributed by atoms with Crippen LogP contribution in [0.1, 0.15) is 33.6 Å². The Kier molecular flexibility index (Phi) is 7.65. The van der Waals surface area contributed by atoms with E-state index in [0.717, 1.165) is 13.1 Å². The van der Waals surface area contributed by atoms with Crippen LogP contribution in [0.25, 0.3) is 0 Å². The predicted molar refractivity (Wildman–Crippen MR) is 130 cm³/mol. The zero-order valence-corrected chi connectivity index (χ0v) is 20.1.